The highest BCUT2D eigenvalue weighted by molar-refractivity contribution is 7.90. The van der Waals surface area contributed by atoms with Crippen LogP contribution >= 0.6 is 11.6 Å². The van der Waals surface area contributed by atoms with E-state index in [1.54, 1.807) is 0 Å². The summed E-state index contributed by atoms with van der Waals surface area (Å²) in [4.78, 5) is 12.6. The zero-order valence-corrected chi connectivity index (χ0v) is 19.4. The smallest absolute Gasteiger partial charge is 0.255 e. The number of allylic oxidation sites excluding steroid dienone is 1. The van der Waals surface area contributed by atoms with E-state index in [0.717, 1.165) is 22.5 Å². The van der Waals surface area contributed by atoms with Crippen molar-refractivity contribution in [2.24, 2.45) is 0 Å². The molecule has 1 aromatic rings. The number of sulfonamides is 1. The predicted octanol–water partition coefficient (Wildman–Crippen LogP) is 2.05. The molecule has 182 valence electrons. The molecule has 3 rings (SSSR count). The Balaban J connectivity index is 1.81. The molecular weight excluding hydrogens is 482 g/mol. The lowest BCUT2D eigenvalue weighted by molar-refractivity contribution is -0.112. The molecular formula is C21H25ClF2N2O6S. The summed E-state index contributed by atoms with van der Waals surface area (Å²) in [6.07, 6.45) is 1.42. The Labute approximate surface area is 195 Å². The van der Waals surface area contributed by atoms with Crippen molar-refractivity contribution in [3.63, 3.8) is 0 Å². The van der Waals surface area contributed by atoms with Crippen molar-refractivity contribution < 1.29 is 36.6 Å². The number of nitrogens with one attached hydrogen (secondary N) is 1. The molecule has 1 aliphatic heterocycles. The van der Waals surface area contributed by atoms with Crippen molar-refractivity contribution in [1.29, 1.82) is 0 Å². The molecule has 1 heterocycles. The van der Waals surface area contributed by atoms with Gasteiger partial charge >= 0.3 is 0 Å². The summed E-state index contributed by atoms with van der Waals surface area (Å²) in [5.41, 5.74) is -1.39. The van der Waals surface area contributed by atoms with Crippen LogP contribution in [0.2, 0.25) is 5.02 Å². The van der Waals surface area contributed by atoms with E-state index in [0.29, 0.717) is 0 Å². The van der Waals surface area contributed by atoms with Gasteiger partial charge in [-0.15, -0.1) is 0 Å². The number of methoxy groups -OCH3 is 1. The first-order chi connectivity index (χ1) is 15.6. The number of carbonyl (C=O) groups excluding carboxylic acids is 1. The molecule has 0 bridgehead atoms. The first-order valence-electron chi connectivity index (χ1n) is 10.1. The van der Waals surface area contributed by atoms with E-state index in [1.165, 1.54) is 25.3 Å². The third-order valence-corrected chi connectivity index (χ3v) is 7.76. The highest BCUT2D eigenvalue weighted by Gasteiger charge is 2.43. The van der Waals surface area contributed by atoms with Crippen molar-refractivity contribution in [3.8, 4) is 0 Å². The van der Waals surface area contributed by atoms with Gasteiger partial charge in [-0.25, -0.2) is 17.2 Å². The predicted molar refractivity (Wildman–Crippen MR) is 119 cm³/mol. The molecule has 1 amide bonds. The van der Waals surface area contributed by atoms with Gasteiger partial charge in [-0.05, 0) is 30.4 Å². The number of nitrogens with zero attached hydrogens (tertiary/aromatic N) is 1. The first kappa shape index (κ1) is 25.7. The van der Waals surface area contributed by atoms with E-state index in [1.807, 2.05) is 0 Å². The SMILES string of the molecule is COCCC1(O)COCCN(S(=O)(=O)C2C=C(C(=O)Nc3ccc(F)c(Cl)c3)C=CC2F)C1. The Bertz CT molecular complexity index is 1050. The molecule has 3 atom stereocenters. The molecule has 33 heavy (non-hydrogen) atoms. The zero-order chi connectivity index (χ0) is 24.2. The number of benzene rings is 1. The minimum Gasteiger partial charge on any atom is -0.386 e. The van der Waals surface area contributed by atoms with Gasteiger partial charge in [0.1, 0.15) is 22.8 Å². The number of rotatable bonds is 7. The van der Waals surface area contributed by atoms with Gasteiger partial charge in [0.25, 0.3) is 5.91 Å². The molecule has 3 unspecified atom stereocenters. The summed E-state index contributed by atoms with van der Waals surface area (Å²) < 4.78 is 65.9. The maximum Gasteiger partial charge on any atom is 0.255 e. The number of hydrogen-bond donors (Lipinski definition) is 2. The average Bonchev–Trinajstić information content (AvgIpc) is 2.97. The Hall–Kier alpha value is -1.89. The first-order valence-corrected chi connectivity index (χ1v) is 12.0. The molecule has 12 heteroatoms. The summed E-state index contributed by atoms with van der Waals surface area (Å²) in [6, 6.07) is 3.56. The molecule has 8 nitrogen and oxygen atoms in total. The van der Waals surface area contributed by atoms with Crippen molar-refractivity contribution in [3.05, 3.63) is 52.8 Å². The van der Waals surface area contributed by atoms with E-state index < -0.39 is 38.8 Å². The number of carbonyl (C=O) groups is 1. The summed E-state index contributed by atoms with van der Waals surface area (Å²) in [6.45, 7) is -0.251. The molecule has 1 aromatic carbocycles. The van der Waals surface area contributed by atoms with Crippen LogP contribution in [-0.2, 0) is 24.3 Å². The molecule has 2 aliphatic rings. The lowest BCUT2D eigenvalue weighted by Gasteiger charge is -2.32. The minimum atomic E-state index is -4.31. The van der Waals surface area contributed by atoms with Gasteiger partial charge in [-0.3, -0.25) is 4.79 Å². The Morgan fingerprint density at radius 2 is 2.21 bits per heavy atom. The molecule has 1 aliphatic carbocycles. The quantitative estimate of drug-likeness (QED) is 0.586. The average molecular weight is 507 g/mol. The standard InChI is InChI=1S/C21H25ClF2N2O6S/c1-31-8-6-21(28)12-26(7-9-32-13-21)33(29,30)19-10-14(2-4-18(19)24)20(27)25-15-3-5-17(23)16(22)11-15/h2-5,10-11,18-19,28H,6-9,12-13H2,1H3,(H,25,27). The highest BCUT2D eigenvalue weighted by Crippen LogP contribution is 2.28. The fraction of sp³-hybridized carbons (Fsp3) is 0.476. The van der Waals surface area contributed by atoms with Crippen molar-refractivity contribution >= 4 is 33.2 Å². The number of alkyl halides is 1. The van der Waals surface area contributed by atoms with Crippen LogP contribution in [0.1, 0.15) is 6.42 Å². The normalized spacial score (nSPS) is 26.5. The molecule has 0 aromatic heterocycles. The maximum atomic E-state index is 14.7. The largest absolute Gasteiger partial charge is 0.386 e. The van der Waals surface area contributed by atoms with Gasteiger partial charge in [-0.2, -0.15) is 4.31 Å². The second kappa shape index (κ2) is 10.6. The van der Waals surface area contributed by atoms with Gasteiger partial charge < -0.3 is 19.9 Å². The summed E-state index contributed by atoms with van der Waals surface area (Å²) in [7, 11) is -2.85. The number of amides is 1. The van der Waals surface area contributed by atoms with Crippen LogP contribution in [0.4, 0.5) is 14.5 Å². The third-order valence-electron chi connectivity index (χ3n) is 5.36. The number of aliphatic hydroxyl groups is 1. The van der Waals surface area contributed by atoms with Crippen LogP contribution in [-0.4, -0.2) is 80.8 Å². The molecule has 0 radical (unpaired) electrons. The fourth-order valence-corrected chi connectivity index (χ4v) is 5.53. The van der Waals surface area contributed by atoms with E-state index in [2.05, 4.69) is 5.32 Å². The molecule has 0 saturated carbocycles. The van der Waals surface area contributed by atoms with Crippen LogP contribution in [0.3, 0.4) is 0 Å². The highest BCUT2D eigenvalue weighted by atomic mass is 35.5. The van der Waals surface area contributed by atoms with E-state index in [4.69, 9.17) is 21.1 Å². The van der Waals surface area contributed by atoms with E-state index >= 15 is 0 Å². The van der Waals surface area contributed by atoms with Crippen LogP contribution in [0.15, 0.2) is 42.0 Å². The van der Waals surface area contributed by atoms with Crippen molar-refractivity contribution in [2.75, 3.05) is 45.3 Å². The van der Waals surface area contributed by atoms with Gasteiger partial charge in [-0.1, -0.05) is 17.7 Å². The van der Waals surface area contributed by atoms with Crippen molar-refractivity contribution in [2.45, 2.75) is 23.4 Å². The van der Waals surface area contributed by atoms with Gasteiger partial charge in [0, 0.05) is 44.5 Å². The van der Waals surface area contributed by atoms with Crippen LogP contribution < -0.4 is 5.32 Å². The summed E-state index contributed by atoms with van der Waals surface area (Å²) in [5, 5.41) is 11.4. The topological polar surface area (TPSA) is 105 Å². The number of hydrogen-bond acceptors (Lipinski definition) is 6. The second-order valence-corrected chi connectivity index (χ2v) is 10.4. The number of anilines is 1. The molecule has 1 fully saturated rings. The number of ether oxygens (including phenoxy) is 2. The number of β-amino-alcohol motifs (C(OH)–C–C–N with tert-alkyl or cyclic N) is 1. The third kappa shape index (κ3) is 6.17. The van der Waals surface area contributed by atoms with Gasteiger partial charge in [0.2, 0.25) is 10.0 Å². The van der Waals surface area contributed by atoms with Crippen LogP contribution in [0.5, 0.6) is 0 Å². The lowest BCUT2D eigenvalue weighted by atomic mass is 10.0. The maximum absolute atomic E-state index is 14.7. The zero-order valence-electron chi connectivity index (χ0n) is 17.8. The van der Waals surface area contributed by atoms with E-state index in [9.17, 15) is 27.1 Å². The second-order valence-electron chi connectivity index (χ2n) is 7.87. The Morgan fingerprint density at radius 3 is 2.91 bits per heavy atom. The Morgan fingerprint density at radius 1 is 1.45 bits per heavy atom. The fourth-order valence-electron chi connectivity index (χ4n) is 3.52. The minimum absolute atomic E-state index is 0.0242. The monoisotopic (exact) mass is 506 g/mol. The summed E-state index contributed by atoms with van der Waals surface area (Å²) >= 11 is 5.71. The summed E-state index contributed by atoms with van der Waals surface area (Å²) in [5.74, 6) is -1.37. The Kier molecular flexibility index (Phi) is 8.25. The lowest BCUT2D eigenvalue weighted by Crippen LogP contribution is -2.51. The number of halogens is 3. The molecule has 0 spiro atoms. The van der Waals surface area contributed by atoms with E-state index in [-0.39, 0.29) is 55.6 Å². The van der Waals surface area contributed by atoms with Crippen LogP contribution in [0, 0.1) is 5.82 Å². The molecule has 2 N–H and O–H groups in total. The van der Waals surface area contributed by atoms with Gasteiger partial charge in [0.05, 0.1) is 18.2 Å². The van der Waals surface area contributed by atoms with Crippen molar-refractivity contribution in [1.82, 2.24) is 4.31 Å². The molecule has 1 saturated heterocycles. The van der Waals surface area contributed by atoms with Gasteiger partial charge in [0.15, 0.2) is 0 Å². The van der Waals surface area contributed by atoms with Crippen LogP contribution in [0.25, 0.3) is 0 Å².